The summed E-state index contributed by atoms with van der Waals surface area (Å²) in [5, 5.41) is 1.12. The van der Waals surface area contributed by atoms with Gasteiger partial charge in [0.25, 0.3) is 0 Å². The molecule has 0 fully saturated rings. The van der Waals surface area contributed by atoms with E-state index in [4.69, 9.17) is 27.9 Å². The fourth-order valence-electron chi connectivity index (χ4n) is 1.12. The highest BCUT2D eigenvalue weighted by molar-refractivity contribution is 8.00. The zero-order valence-corrected chi connectivity index (χ0v) is 11.9. The van der Waals surface area contributed by atoms with Crippen LogP contribution < -0.4 is 0 Å². The van der Waals surface area contributed by atoms with Gasteiger partial charge in [-0.3, -0.25) is 4.79 Å². The van der Waals surface area contributed by atoms with E-state index < -0.39 is 0 Å². The van der Waals surface area contributed by atoms with Crippen molar-refractivity contribution in [1.82, 2.24) is 0 Å². The number of benzene rings is 1. The van der Waals surface area contributed by atoms with Crippen LogP contribution in [0.25, 0.3) is 0 Å². The van der Waals surface area contributed by atoms with E-state index in [-0.39, 0.29) is 11.7 Å². The van der Waals surface area contributed by atoms with Crippen LogP contribution in [0.1, 0.15) is 19.8 Å². The van der Waals surface area contributed by atoms with Crippen molar-refractivity contribution in [2.75, 3.05) is 12.4 Å². The fraction of sp³-hybridized carbons (Fsp3) is 0.417. The van der Waals surface area contributed by atoms with Crippen LogP contribution in [0.15, 0.2) is 23.1 Å². The summed E-state index contributed by atoms with van der Waals surface area (Å²) in [6.07, 6.45) is 1.90. The Morgan fingerprint density at radius 1 is 1.35 bits per heavy atom. The number of hydrogen-bond acceptors (Lipinski definition) is 3. The molecule has 2 nitrogen and oxygen atoms in total. The molecule has 0 saturated carbocycles. The Balaban J connectivity index is 2.42. The van der Waals surface area contributed by atoms with Crippen LogP contribution >= 0.6 is 35.0 Å². The molecule has 94 valence electrons. The van der Waals surface area contributed by atoms with Crippen molar-refractivity contribution in [2.24, 2.45) is 0 Å². The number of rotatable bonds is 6. The first-order chi connectivity index (χ1) is 8.15. The van der Waals surface area contributed by atoms with Crippen LogP contribution in [0.2, 0.25) is 10.0 Å². The summed E-state index contributed by atoms with van der Waals surface area (Å²) in [4.78, 5) is 12.1. The highest BCUT2D eigenvalue weighted by Crippen LogP contribution is 2.33. The number of carbonyl (C=O) groups is 1. The molecule has 0 radical (unpaired) electrons. The lowest BCUT2D eigenvalue weighted by Crippen LogP contribution is -2.08. The van der Waals surface area contributed by atoms with Gasteiger partial charge in [-0.25, -0.2) is 0 Å². The number of ether oxygens (including phenoxy) is 1. The van der Waals surface area contributed by atoms with E-state index in [1.807, 2.05) is 6.92 Å². The van der Waals surface area contributed by atoms with Crippen molar-refractivity contribution < 1.29 is 9.53 Å². The molecular weight excluding hydrogens is 279 g/mol. The van der Waals surface area contributed by atoms with E-state index in [2.05, 4.69) is 0 Å². The summed E-state index contributed by atoms with van der Waals surface area (Å²) < 4.78 is 5.04. The first-order valence-electron chi connectivity index (χ1n) is 5.37. The van der Waals surface area contributed by atoms with Crippen molar-refractivity contribution in [3.63, 3.8) is 0 Å². The number of halogens is 2. The maximum Gasteiger partial charge on any atom is 0.316 e. The van der Waals surface area contributed by atoms with Crippen molar-refractivity contribution >= 4 is 40.9 Å². The van der Waals surface area contributed by atoms with Gasteiger partial charge >= 0.3 is 5.97 Å². The summed E-state index contributed by atoms with van der Waals surface area (Å²) in [6, 6.07) is 5.27. The largest absolute Gasteiger partial charge is 0.465 e. The first kappa shape index (κ1) is 14.7. The van der Waals surface area contributed by atoms with Crippen LogP contribution in [0.3, 0.4) is 0 Å². The van der Waals surface area contributed by atoms with Crippen LogP contribution in [-0.4, -0.2) is 18.3 Å². The fourth-order valence-corrected chi connectivity index (χ4v) is 2.61. The number of thioether (sulfide) groups is 1. The number of carbonyl (C=O) groups excluding carboxylic acids is 1. The normalized spacial score (nSPS) is 10.3. The van der Waals surface area contributed by atoms with Gasteiger partial charge in [-0.05, 0) is 18.6 Å². The molecule has 0 saturated heterocycles. The van der Waals surface area contributed by atoms with Crippen LogP contribution in [-0.2, 0) is 9.53 Å². The average Bonchev–Trinajstić information content (AvgIpc) is 2.29. The zero-order valence-electron chi connectivity index (χ0n) is 9.54. The maximum atomic E-state index is 11.4. The molecule has 0 amide bonds. The van der Waals surface area contributed by atoms with Gasteiger partial charge in [0.15, 0.2) is 0 Å². The summed E-state index contributed by atoms with van der Waals surface area (Å²) >= 11 is 13.3. The van der Waals surface area contributed by atoms with Gasteiger partial charge in [0.05, 0.1) is 22.4 Å². The van der Waals surface area contributed by atoms with Gasteiger partial charge < -0.3 is 4.74 Å². The van der Waals surface area contributed by atoms with Crippen LogP contribution in [0, 0.1) is 0 Å². The Labute approximate surface area is 116 Å². The molecule has 1 rings (SSSR count). The van der Waals surface area contributed by atoms with E-state index in [0.29, 0.717) is 16.7 Å². The molecular formula is C12H14Cl2O2S. The highest BCUT2D eigenvalue weighted by atomic mass is 35.5. The number of unbranched alkanes of at least 4 members (excludes halogenated alkanes) is 1. The molecule has 17 heavy (non-hydrogen) atoms. The molecule has 0 aliphatic carbocycles. The monoisotopic (exact) mass is 292 g/mol. The van der Waals surface area contributed by atoms with E-state index >= 15 is 0 Å². The average molecular weight is 293 g/mol. The Kier molecular flexibility index (Phi) is 6.78. The topological polar surface area (TPSA) is 26.3 Å². The van der Waals surface area contributed by atoms with Gasteiger partial charge in [0.1, 0.15) is 0 Å². The van der Waals surface area contributed by atoms with E-state index in [0.717, 1.165) is 17.7 Å². The lowest BCUT2D eigenvalue weighted by atomic mass is 10.4. The van der Waals surface area contributed by atoms with Crippen LogP contribution in [0.4, 0.5) is 0 Å². The maximum absolute atomic E-state index is 11.4. The highest BCUT2D eigenvalue weighted by Gasteiger charge is 2.09. The first-order valence-corrected chi connectivity index (χ1v) is 7.11. The smallest absolute Gasteiger partial charge is 0.316 e. The second-order valence-corrected chi connectivity index (χ2v) is 5.21. The summed E-state index contributed by atoms with van der Waals surface area (Å²) in [7, 11) is 0. The molecule has 1 aromatic rings. The second-order valence-electron chi connectivity index (χ2n) is 3.41. The molecule has 0 spiro atoms. The number of hydrogen-bond donors (Lipinski definition) is 0. The third kappa shape index (κ3) is 5.19. The molecule has 0 heterocycles. The third-order valence-electron chi connectivity index (χ3n) is 2.01. The minimum absolute atomic E-state index is 0.229. The van der Waals surface area contributed by atoms with Crippen LogP contribution in [0.5, 0.6) is 0 Å². The van der Waals surface area contributed by atoms with Gasteiger partial charge in [0.2, 0.25) is 0 Å². The van der Waals surface area contributed by atoms with E-state index in [9.17, 15) is 4.79 Å². The van der Waals surface area contributed by atoms with Gasteiger partial charge in [-0.15, -0.1) is 11.8 Å². The molecule has 0 unspecified atom stereocenters. The van der Waals surface area contributed by atoms with Gasteiger partial charge in [-0.1, -0.05) is 42.6 Å². The number of esters is 1. The van der Waals surface area contributed by atoms with E-state index in [1.54, 1.807) is 18.2 Å². The molecule has 0 aromatic heterocycles. The quantitative estimate of drug-likeness (QED) is 0.441. The Morgan fingerprint density at radius 3 is 2.59 bits per heavy atom. The lowest BCUT2D eigenvalue weighted by Gasteiger charge is -2.06. The standard InChI is InChI=1S/C12H14Cl2O2S/c1-2-3-7-16-11(15)8-17-12-9(13)5-4-6-10(12)14/h4-6H,2-3,7-8H2,1H3. The molecule has 1 aromatic carbocycles. The van der Waals surface area contributed by atoms with Gasteiger partial charge in [-0.2, -0.15) is 0 Å². The molecule has 0 aliphatic rings. The summed E-state index contributed by atoms with van der Waals surface area (Å²) in [6.45, 7) is 2.53. The minimum atomic E-state index is -0.237. The minimum Gasteiger partial charge on any atom is -0.465 e. The summed E-state index contributed by atoms with van der Waals surface area (Å²) in [5.41, 5.74) is 0. The SMILES string of the molecule is CCCCOC(=O)CSc1c(Cl)cccc1Cl. The molecule has 0 atom stereocenters. The summed E-state index contributed by atoms with van der Waals surface area (Å²) in [5.74, 6) is -0.00730. The van der Waals surface area contributed by atoms with Gasteiger partial charge in [0, 0.05) is 4.90 Å². The molecule has 0 N–H and O–H groups in total. The second kappa shape index (κ2) is 7.85. The van der Waals surface area contributed by atoms with Crippen molar-refractivity contribution in [3.05, 3.63) is 28.2 Å². The molecule has 5 heteroatoms. The molecule has 0 aliphatic heterocycles. The Bertz CT molecular complexity index is 363. The predicted octanol–water partition coefficient (Wildman–Crippen LogP) is 4.43. The Hall–Kier alpha value is -0.380. The Morgan fingerprint density at radius 2 is 2.00 bits per heavy atom. The van der Waals surface area contributed by atoms with Crippen molar-refractivity contribution in [3.8, 4) is 0 Å². The van der Waals surface area contributed by atoms with Crippen molar-refractivity contribution in [1.29, 1.82) is 0 Å². The van der Waals surface area contributed by atoms with E-state index in [1.165, 1.54) is 11.8 Å². The molecule has 0 bridgehead atoms. The predicted molar refractivity (Wildman–Crippen MR) is 73.1 cm³/mol. The van der Waals surface area contributed by atoms with Crippen molar-refractivity contribution in [2.45, 2.75) is 24.7 Å². The lowest BCUT2D eigenvalue weighted by molar-refractivity contribution is -0.140. The third-order valence-corrected chi connectivity index (χ3v) is 3.98. The zero-order chi connectivity index (χ0) is 12.7.